The van der Waals surface area contributed by atoms with E-state index in [0.717, 1.165) is 25.7 Å². The number of amides is 1. The molecule has 0 aliphatic heterocycles. The average Bonchev–Trinajstić information content (AvgIpc) is 2.16. The fourth-order valence-corrected chi connectivity index (χ4v) is 1.60. The molecule has 1 saturated carbocycles. The lowest BCUT2D eigenvalue weighted by Gasteiger charge is -2.20. The molecule has 1 aliphatic rings. The Kier molecular flexibility index (Phi) is 3.34. The summed E-state index contributed by atoms with van der Waals surface area (Å²) in [5.74, 6) is 0. The fourth-order valence-electron chi connectivity index (χ4n) is 1.60. The van der Waals surface area contributed by atoms with Gasteiger partial charge in [-0.25, -0.2) is 4.79 Å². The summed E-state index contributed by atoms with van der Waals surface area (Å²) in [7, 11) is 0. The van der Waals surface area contributed by atoms with E-state index in [1.165, 1.54) is 6.42 Å². The molecule has 4 nitrogen and oxygen atoms in total. The molecule has 1 fully saturated rings. The van der Waals surface area contributed by atoms with Gasteiger partial charge in [-0.05, 0) is 19.3 Å². The monoisotopic (exact) mass is 172 g/mol. The van der Waals surface area contributed by atoms with Gasteiger partial charge in [-0.1, -0.05) is 12.8 Å². The minimum atomic E-state index is -0.711. The second kappa shape index (κ2) is 4.30. The van der Waals surface area contributed by atoms with Gasteiger partial charge < -0.3 is 16.2 Å². The molecule has 0 bridgehead atoms. The van der Waals surface area contributed by atoms with E-state index in [9.17, 15) is 4.79 Å². The Morgan fingerprint density at radius 3 is 2.58 bits per heavy atom. The van der Waals surface area contributed by atoms with Crippen molar-refractivity contribution in [1.82, 2.24) is 0 Å². The largest absolute Gasteiger partial charge is 0.445 e. The minimum absolute atomic E-state index is 0.0278. The highest BCUT2D eigenvalue weighted by molar-refractivity contribution is 5.64. The van der Waals surface area contributed by atoms with E-state index in [4.69, 9.17) is 16.2 Å². The van der Waals surface area contributed by atoms with E-state index in [-0.39, 0.29) is 12.1 Å². The highest BCUT2D eigenvalue weighted by atomic mass is 16.6. The third-order valence-corrected chi connectivity index (χ3v) is 2.27. The van der Waals surface area contributed by atoms with E-state index in [1.807, 2.05) is 0 Å². The first-order valence-corrected chi connectivity index (χ1v) is 4.42. The van der Waals surface area contributed by atoms with Gasteiger partial charge in [0.05, 0.1) is 0 Å². The first-order valence-electron chi connectivity index (χ1n) is 4.42. The van der Waals surface area contributed by atoms with E-state index in [1.54, 1.807) is 0 Å². The third-order valence-electron chi connectivity index (χ3n) is 2.27. The normalized spacial score (nSPS) is 30.8. The van der Waals surface area contributed by atoms with Crippen molar-refractivity contribution in [3.63, 3.8) is 0 Å². The van der Waals surface area contributed by atoms with E-state index >= 15 is 0 Å². The van der Waals surface area contributed by atoms with Crippen LogP contribution in [0, 0.1) is 0 Å². The molecular weight excluding hydrogens is 156 g/mol. The van der Waals surface area contributed by atoms with Crippen LogP contribution in [0.25, 0.3) is 0 Å². The van der Waals surface area contributed by atoms with Crippen LogP contribution in [0.15, 0.2) is 0 Å². The molecule has 70 valence electrons. The van der Waals surface area contributed by atoms with Gasteiger partial charge in [0.1, 0.15) is 6.10 Å². The van der Waals surface area contributed by atoms with Crippen molar-refractivity contribution < 1.29 is 9.53 Å². The number of carbonyl (C=O) groups excluding carboxylic acids is 1. The molecule has 0 heterocycles. The van der Waals surface area contributed by atoms with Gasteiger partial charge >= 0.3 is 6.09 Å². The van der Waals surface area contributed by atoms with Crippen LogP contribution in [-0.2, 0) is 4.74 Å². The van der Waals surface area contributed by atoms with Crippen molar-refractivity contribution in [3.05, 3.63) is 0 Å². The zero-order valence-electron chi connectivity index (χ0n) is 7.16. The molecule has 1 aliphatic carbocycles. The fraction of sp³-hybridized carbons (Fsp3) is 0.875. The van der Waals surface area contributed by atoms with Crippen LogP contribution < -0.4 is 11.5 Å². The zero-order chi connectivity index (χ0) is 8.97. The van der Waals surface area contributed by atoms with Crippen LogP contribution in [0.2, 0.25) is 0 Å². The smallest absolute Gasteiger partial charge is 0.404 e. The second-order valence-electron chi connectivity index (χ2n) is 3.28. The number of hydrogen-bond donors (Lipinski definition) is 2. The van der Waals surface area contributed by atoms with Gasteiger partial charge in [0.2, 0.25) is 0 Å². The Bertz CT molecular complexity index is 161. The van der Waals surface area contributed by atoms with Gasteiger partial charge in [-0.15, -0.1) is 0 Å². The molecule has 2 atom stereocenters. The number of carbonyl (C=O) groups is 1. The molecule has 1 rings (SSSR count). The van der Waals surface area contributed by atoms with Crippen LogP contribution in [0.4, 0.5) is 4.79 Å². The van der Waals surface area contributed by atoms with E-state index in [0.29, 0.717) is 0 Å². The molecule has 0 aromatic heterocycles. The van der Waals surface area contributed by atoms with Gasteiger partial charge in [-0.3, -0.25) is 0 Å². The molecule has 0 unspecified atom stereocenters. The molecular formula is C8H16N2O2. The van der Waals surface area contributed by atoms with Gasteiger partial charge in [0.15, 0.2) is 0 Å². The molecule has 12 heavy (non-hydrogen) atoms. The van der Waals surface area contributed by atoms with Crippen LogP contribution in [-0.4, -0.2) is 18.2 Å². The molecule has 0 aromatic rings. The third kappa shape index (κ3) is 2.70. The van der Waals surface area contributed by atoms with Crippen molar-refractivity contribution in [2.24, 2.45) is 11.5 Å². The van der Waals surface area contributed by atoms with Crippen molar-refractivity contribution in [2.75, 3.05) is 0 Å². The van der Waals surface area contributed by atoms with E-state index in [2.05, 4.69) is 0 Å². The predicted molar refractivity (Wildman–Crippen MR) is 45.5 cm³/mol. The summed E-state index contributed by atoms with van der Waals surface area (Å²) in [5.41, 5.74) is 10.7. The van der Waals surface area contributed by atoms with Gasteiger partial charge in [-0.2, -0.15) is 0 Å². The first-order chi connectivity index (χ1) is 5.70. The average molecular weight is 172 g/mol. The SMILES string of the molecule is NC(=O)O[C@@H]1CCCCC[C@H]1N. The summed E-state index contributed by atoms with van der Waals surface area (Å²) < 4.78 is 4.90. The van der Waals surface area contributed by atoms with E-state index < -0.39 is 6.09 Å². The second-order valence-corrected chi connectivity index (χ2v) is 3.28. The Hall–Kier alpha value is -0.770. The minimum Gasteiger partial charge on any atom is -0.445 e. The lowest BCUT2D eigenvalue weighted by molar-refractivity contribution is 0.0861. The molecule has 0 aromatic carbocycles. The maximum Gasteiger partial charge on any atom is 0.404 e. The highest BCUT2D eigenvalue weighted by Gasteiger charge is 2.22. The van der Waals surface area contributed by atoms with Crippen LogP contribution in [0.3, 0.4) is 0 Å². The molecule has 0 saturated heterocycles. The Morgan fingerprint density at radius 1 is 1.25 bits per heavy atom. The standard InChI is InChI=1S/C8H16N2O2/c9-6-4-2-1-3-5-7(6)12-8(10)11/h6-7H,1-5,9H2,(H2,10,11)/t6-,7-/m1/s1. The van der Waals surface area contributed by atoms with Gasteiger partial charge in [0, 0.05) is 6.04 Å². The Labute approximate surface area is 72.2 Å². The molecule has 0 spiro atoms. The Morgan fingerprint density at radius 2 is 1.92 bits per heavy atom. The molecule has 1 amide bonds. The van der Waals surface area contributed by atoms with Crippen molar-refractivity contribution in [3.8, 4) is 0 Å². The maximum absolute atomic E-state index is 10.5. The molecule has 0 radical (unpaired) electrons. The zero-order valence-corrected chi connectivity index (χ0v) is 7.16. The van der Waals surface area contributed by atoms with Gasteiger partial charge in [0.25, 0.3) is 0 Å². The van der Waals surface area contributed by atoms with Crippen molar-refractivity contribution >= 4 is 6.09 Å². The number of nitrogens with two attached hydrogens (primary N) is 2. The summed E-state index contributed by atoms with van der Waals surface area (Å²) in [6, 6.07) is -0.0278. The molecule has 4 heteroatoms. The summed E-state index contributed by atoms with van der Waals surface area (Å²) in [6.07, 6.45) is 4.28. The lowest BCUT2D eigenvalue weighted by atomic mass is 10.1. The number of hydrogen-bond acceptors (Lipinski definition) is 3. The number of rotatable bonds is 1. The van der Waals surface area contributed by atoms with Crippen LogP contribution in [0.5, 0.6) is 0 Å². The summed E-state index contributed by atoms with van der Waals surface area (Å²) in [5, 5.41) is 0. The van der Waals surface area contributed by atoms with Crippen LogP contribution in [0.1, 0.15) is 32.1 Å². The number of ether oxygens (including phenoxy) is 1. The quantitative estimate of drug-likeness (QED) is 0.572. The Balaban J connectivity index is 2.41. The topological polar surface area (TPSA) is 78.3 Å². The summed E-state index contributed by atoms with van der Waals surface area (Å²) in [6.45, 7) is 0. The van der Waals surface area contributed by atoms with Crippen molar-refractivity contribution in [1.29, 1.82) is 0 Å². The van der Waals surface area contributed by atoms with Crippen LogP contribution >= 0.6 is 0 Å². The first kappa shape index (κ1) is 9.32. The highest BCUT2D eigenvalue weighted by Crippen LogP contribution is 2.18. The number of primary amides is 1. The molecule has 4 N–H and O–H groups in total. The maximum atomic E-state index is 10.5. The lowest BCUT2D eigenvalue weighted by Crippen LogP contribution is -2.38. The summed E-state index contributed by atoms with van der Waals surface area (Å²) >= 11 is 0. The summed E-state index contributed by atoms with van der Waals surface area (Å²) in [4.78, 5) is 10.5. The predicted octanol–water partition coefficient (Wildman–Crippen LogP) is 0.742. The van der Waals surface area contributed by atoms with Crippen molar-refractivity contribution in [2.45, 2.75) is 44.2 Å².